The van der Waals surface area contributed by atoms with Crippen LogP contribution >= 0.6 is 11.6 Å². The van der Waals surface area contributed by atoms with Crippen molar-refractivity contribution in [1.29, 1.82) is 0 Å². The van der Waals surface area contributed by atoms with E-state index < -0.39 is 0 Å². The van der Waals surface area contributed by atoms with E-state index in [1.165, 1.54) is 0 Å². The van der Waals surface area contributed by atoms with E-state index in [9.17, 15) is 0 Å². The van der Waals surface area contributed by atoms with Crippen LogP contribution in [-0.2, 0) is 16.0 Å². The van der Waals surface area contributed by atoms with Gasteiger partial charge in [-0.25, -0.2) is 9.97 Å². The lowest BCUT2D eigenvalue weighted by molar-refractivity contribution is 0.108. The van der Waals surface area contributed by atoms with Crippen molar-refractivity contribution in [3.8, 4) is 0 Å². The summed E-state index contributed by atoms with van der Waals surface area (Å²) in [6.45, 7) is 5.52. The van der Waals surface area contributed by atoms with Crippen LogP contribution in [0.15, 0.2) is 6.07 Å². The van der Waals surface area contributed by atoms with Crippen LogP contribution in [0, 0.1) is 6.92 Å². The molecule has 18 heavy (non-hydrogen) atoms. The number of methoxy groups -OCH3 is 2. The molecule has 0 spiro atoms. The van der Waals surface area contributed by atoms with E-state index in [1.807, 2.05) is 6.92 Å². The normalized spacial score (nSPS) is 11.2. The SMILES string of the molecule is COCCN(CCOC)Cc1nc(C)cc(Cl)n1. The number of hydrogen-bond acceptors (Lipinski definition) is 5. The smallest absolute Gasteiger partial charge is 0.144 e. The predicted molar refractivity (Wildman–Crippen MR) is 70.8 cm³/mol. The maximum absolute atomic E-state index is 5.92. The molecule has 0 atom stereocenters. The minimum atomic E-state index is 0.482. The van der Waals surface area contributed by atoms with Crippen LogP contribution in [0.2, 0.25) is 5.15 Å². The average molecular weight is 274 g/mol. The van der Waals surface area contributed by atoms with Gasteiger partial charge in [-0.05, 0) is 13.0 Å². The van der Waals surface area contributed by atoms with Crippen molar-refractivity contribution in [2.45, 2.75) is 13.5 Å². The Bertz CT molecular complexity index is 335. The van der Waals surface area contributed by atoms with Gasteiger partial charge in [-0.1, -0.05) is 11.6 Å². The molecule has 0 N–H and O–H groups in total. The molecule has 0 aliphatic carbocycles. The zero-order valence-corrected chi connectivity index (χ0v) is 11.9. The number of ether oxygens (including phenoxy) is 2. The summed E-state index contributed by atoms with van der Waals surface area (Å²) < 4.78 is 10.2. The Kier molecular flexibility index (Phi) is 7.12. The van der Waals surface area contributed by atoms with Crippen molar-refractivity contribution < 1.29 is 9.47 Å². The maximum Gasteiger partial charge on any atom is 0.144 e. The van der Waals surface area contributed by atoms with E-state index in [4.69, 9.17) is 21.1 Å². The first-order chi connectivity index (χ1) is 8.65. The molecule has 1 aromatic rings. The molecule has 0 fully saturated rings. The van der Waals surface area contributed by atoms with Gasteiger partial charge in [0.25, 0.3) is 0 Å². The fourth-order valence-electron chi connectivity index (χ4n) is 1.57. The highest BCUT2D eigenvalue weighted by molar-refractivity contribution is 6.29. The van der Waals surface area contributed by atoms with Crippen LogP contribution in [0.1, 0.15) is 11.5 Å². The quantitative estimate of drug-likeness (QED) is 0.673. The second-order valence-electron chi connectivity index (χ2n) is 4.01. The van der Waals surface area contributed by atoms with Crippen molar-refractivity contribution in [3.63, 3.8) is 0 Å². The second-order valence-corrected chi connectivity index (χ2v) is 4.40. The number of nitrogens with zero attached hydrogens (tertiary/aromatic N) is 3. The van der Waals surface area contributed by atoms with Crippen LogP contribution in [0.4, 0.5) is 0 Å². The van der Waals surface area contributed by atoms with Crippen LogP contribution < -0.4 is 0 Å². The van der Waals surface area contributed by atoms with Gasteiger partial charge < -0.3 is 9.47 Å². The van der Waals surface area contributed by atoms with Gasteiger partial charge in [-0.15, -0.1) is 0 Å². The highest BCUT2D eigenvalue weighted by Crippen LogP contribution is 2.08. The lowest BCUT2D eigenvalue weighted by Gasteiger charge is -2.20. The Labute approximate surface area is 113 Å². The van der Waals surface area contributed by atoms with Gasteiger partial charge in [-0.2, -0.15) is 0 Å². The molecule has 0 radical (unpaired) electrons. The van der Waals surface area contributed by atoms with Gasteiger partial charge in [0.2, 0.25) is 0 Å². The molecule has 0 aliphatic rings. The Morgan fingerprint density at radius 1 is 1.17 bits per heavy atom. The first-order valence-corrected chi connectivity index (χ1v) is 6.23. The minimum absolute atomic E-state index is 0.482. The fraction of sp³-hybridized carbons (Fsp3) is 0.667. The van der Waals surface area contributed by atoms with E-state index in [-0.39, 0.29) is 0 Å². The van der Waals surface area contributed by atoms with Crippen LogP contribution in [-0.4, -0.2) is 55.4 Å². The highest BCUT2D eigenvalue weighted by Gasteiger charge is 2.09. The van der Waals surface area contributed by atoms with Gasteiger partial charge in [0.05, 0.1) is 19.8 Å². The average Bonchev–Trinajstić information content (AvgIpc) is 2.31. The molecular weight excluding hydrogens is 254 g/mol. The third kappa shape index (κ3) is 5.73. The molecule has 6 heteroatoms. The monoisotopic (exact) mass is 273 g/mol. The molecule has 0 aliphatic heterocycles. The minimum Gasteiger partial charge on any atom is -0.383 e. The van der Waals surface area contributed by atoms with E-state index >= 15 is 0 Å². The predicted octanol–water partition coefficient (Wildman–Crippen LogP) is 1.53. The molecule has 0 amide bonds. The molecule has 0 bridgehead atoms. The molecule has 102 valence electrons. The molecule has 0 unspecified atom stereocenters. The lowest BCUT2D eigenvalue weighted by atomic mass is 10.4. The van der Waals surface area contributed by atoms with Gasteiger partial charge in [-0.3, -0.25) is 4.90 Å². The molecule has 0 saturated carbocycles. The third-order valence-electron chi connectivity index (χ3n) is 2.46. The third-order valence-corrected chi connectivity index (χ3v) is 2.65. The van der Waals surface area contributed by atoms with Crippen molar-refractivity contribution in [1.82, 2.24) is 14.9 Å². The standard InChI is InChI=1S/C12H20ClN3O2/c1-10-8-11(13)15-12(14-10)9-16(4-6-17-2)5-7-18-3/h8H,4-7,9H2,1-3H3. The van der Waals surface area contributed by atoms with Crippen LogP contribution in [0.3, 0.4) is 0 Å². The Morgan fingerprint density at radius 3 is 2.28 bits per heavy atom. The van der Waals surface area contributed by atoms with E-state index in [0.717, 1.165) is 24.6 Å². The molecule has 1 rings (SSSR count). The second kappa shape index (κ2) is 8.37. The molecule has 0 aromatic carbocycles. The summed E-state index contributed by atoms with van der Waals surface area (Å²) in [7, 11) is 3.38. The first-order valence-electron chi connectivity index (χ1n) is 5.86. The lowest BCUT2D eigenvalue weighted by Crippen LogP contribution is -2.31. The van der Waals surface area contributed by atoms with Crippen molar-refractivity contribution in [2.24, 2.45) is 0 Å². The van der Waals surface area contributed by atoms with Crippen LogP contribution in [0.25, 0.3) is 0 Å². The zero-order valence-electron chi connectivity index (χ0n) is 11.1. The number of halogens is 1. The Hall–Kier alpha value is -0.750. The fourth-order valence-corrected chi connectivity index (χ4v) is 1.83. The molecule has 1 aromatic heterocycles. The first kappa shape index (κ1) is 15.3. The summed E-state index contributed by atoms with van der Waals surface area (Å²) in [5.41, 5.74) is 0.878. The van der Waals surface area contributed by atoms with Crippen molar-refractivity contribution in [3.05, 3.63) is 22.7 Å². The van der Waals surface area contributed by atoms with Crippen LogP contribution in [0.5, 0.6) is 0 Å². The molecular formula is C12H20ClN3O2. The Balaban J connectivity index is 2.62. The summed E-state index contributed by atoms with van der Waals surface area (Å²) in [6.07, 6.45) is 0. The van der Waals surface area contributed by atoms with Gasteiger partial charge in [0, 0.05) is 33.0 Å². The van der Waals surface area contributed by atoms with E-state index in [0.29, 0.717) is 24.9 Å². The number of rotatable bonds is 8. The topological polar surface area (TPSA) is 47.5 Å². The van der Waals surface area contributed by atoms with E-state index in [2.05, 4.69) is 14.9 Å². The summed E-state index contributed by atoms with van der Waals surface area (Å²) in [6, 6.07) is 1.75. The number of aromatic nitrogens is 2. The van der Waals surface area contributed by atoms with Crippen molar-refractivity contribution >= 4 is 11.6 Å². The Morgan fingerprint density at radius 2 is 1.78 bits per heavy atom. The van der Waals surface area contributed by atoms with Gasteiger partial charge in [0.1, 0.15) is 11.0 Å². The summed E-state index contributed by atoms with van der Waals surface area (Å²) in [5, 5.41) is 0.482. The summed E-state index contributed by atoms with van der Waals surface area (Å²) in [4.78, 5) is 10.8. The zero-order chi connectivity index (χ0) is 13.4. The molecule has 5 nitrogen and oxygen atoms in total. The number of hydrogen-bond donors (Lipinski definition) is 0. The number of aryl methyl sites for hydroxylation is 1. The summed E-state index contributed by atoms with van der Waals surface area (Å²) >= 11 is 5.92. The largest absolute Gasteiger partial charge is 0.383 e. The van der Waals surface area contributed by atoms with Gasteiger partial charge >= 0.3 is 0 Å². The van der Waals surface area contributed by atoms with E-state index in [1.54, 1.807) is 20.3 Å². The molecule has 0 saturated heterocycles. The molecule has 1 heterocycles. The van der Waals surface area contributed by atoms with Gasteiger partial charge in [0.15, 0.2) is 0 Å². The maximum atomic E-state index is 5.92. The summed E-state index contributed by atoms with van der Waals surface area (Å²) in [5.74, 6) is 0.729. The highest BCUT2D eigenvalue weighted by atomic mass is 35.5. The van der Waals surface area contributed by atoms with Crippen molar-refractivity contribution in [2.75, 3.05) is 40.5 Å².